The predicted octanol–water partition coefficient (Wildman–Crippen LogP) is 7.45. The van der Waals surface area contributed by atoms with E-state index in [1.165, 1.54) is 6.08 Å². The molecule has 7 atom stereocenters. The van der Waals surface area contributed by atoms with Gasteiger partial charge in [-0.25, -0.2) is 4.79 Å². The Balaban J connectivity index is 1.99. The minimum Gasteiger partial charge on any atom is -0.459 e. The van der Waals surface area contributed by atoms with E-state index in [1.807, 2.05) is 6.92 Å². The summed E-state index contributed by atoms with van der Waals surface area (Å²) in [7, 11) is -9.63. The number of rotatable bonds is 11. The lowest BCUT2D eigenvalue weighted by molar-refractivity contribution is -0.211. The molecule has 15 heteroatoms. The molecule has 0 aromatic rings. The first kappa shape index (κ1) is 37.2. The molecular weight excluding hydrogens is 636 g/mol. The highest BCUT2D eigenvalue weighted by Crippen LogP contribution is 2.50. The van der Waals surface area contributed by atoms with Gasteiger partial charge in [-0.2, -0.15) is 21.6 Å². The van der Waals surface area contributed by atoms with Crippen molar-refractivity contribution in [1.29, 1.82) is 0 Å². The molecule has 256 valence electrons. The third-order valence-electron chi connectivity index (χ3n) is 9.44. The van der Waals surface area contributed by atoms with Crippen LogP contribution in [0.1, 0.15) is 60.8 Å². The van der Waals surface area contributed by atoms with Gasteiger partial charge in [0.2, 0.25) is 0 Å². The molecule has 9 nitrogen and oxygen atoms in total. The smallest absolute Gasteiger partial charge is 0.459 e. The van der Waals surface area contributed by atoms with Crippen molar-refractivity contribution in [3.63, 3.8) is 0 Å². The van der Waals surface area contributed by atoms with E-state index >= 15 is 0 Å². The zero-order valence-corrected chi connectivity index (χ0v) is 30.5. The minimum absolute atomic E-state index is 0.106. The summed E-state index contributed by atoms with van der Waals surface area (Å²) in [6, 6.07) is 3.38. The van der Waals surface area contributed by atoms with Gasteiger partial charge in [-0.05, 0) is 48.9 Å². The number of nitrogens with zero attached hydrogens (tertiary/aromatic N) is 1. The summed E-state index contributed by atoms with van der Waals surface area (Å²) in [4.78, 5) is 15.4. The fraction of sp³-hybridized carbons (Fsp3) is 0.897. The van der Waals surface area contributed by atoms with Crippen molar-refractivity contribution in [3.05, 3.63) is 12.0 Å². The Hall–Kier alpha value is -1.30. The molecule has 3 aliphatic rings. The summed E-state index contributed by atoms with van der Waals surface area (Å²) >= 11 is 0. The zero-order chi connectivity index (χ0) is 33.3. The fourth-order valence-electron chi connectivity index (χ4n) is 6.65. The quantitative estimate of drug-likeness (QED) is 0.126. The Morgan fingerprint density at radius 3 is 2.25 bits per heavy atom. The van der Waals surface area contributed by atoms with Gasteiger partial charge >= 0.3 is 21.7 Å². The topological polar surface area (TPSA) is 101 Å². The van der Waals surface area contributed by atoms with Crippen LogP contribution in [0, 0.1) is 17.8 Å². The number of carbonyl (C=O) groups is 1. The average Bonchev–Trinajstić information content (AvgIpc) is 3.27. The summed E-state index contributed by atoms with van der Waals surface area (Å²) in [5, 5.41) is 0. The first-order valence-corrected chi connectivity index (χ1v) is 23.5. The lowest BCUT2D eigenvalue weighted by Crippen LogP contribution is -2.61. The van der Waals surface area contributed by atoms with Crippen molar-refractivity contribution < 1.29 is 49.2 Å². The number of hydrogen-bond acceptors (Lipinski definition) is 8. The molecule has 0 bridgehead atoms. The number of carbonyl (C=O) groups excluding carboxylic acids is 1. The predicted molar refractivity (Wildman–Crippen MR) is 166 cm³/mol. The zero-order valence-electron chi connectivity index (χ0n) is 27.7. The van der Waals surface area contributed by atoms with Crippen LogP contribution >= 0.6 is 0 Å². The van der Waals surface area contributed by atoms with Crippen LogP contribution in [0.5, 0.6) is 0 Å². The van der Waals surface area contributed by atoms with Crippen LogP contribution in [-0.4, -0.2) is 78.5 Å². The van der Waals surface area contributed by atoms with Crippen LogP contribution in [0.25, 0.3) is 0 Å². The van der Waals surface area contributed by atoms with Gasteiger partial charge in [0, 0.05) is 33.0 Å². The summed E-state index contributed by atoms with van der Waals surface area (Å²) < 4.78 is 93.1. The number of allylic oxidation sites excluding steroid dienone is 1. The normalized spacial score (nSPS) is 31.9. The van der Waals surface area contributed by atoms with Crippen LogP contribution in [0.2, 0.25) is 43.8 Å². The van der Waals surface area contributed by atoms with Gasteiger partial charge in [0.15, 0.2) is 14.0 Å². The van der Waals surface area contributed by atoms with Crippen LogP contribution in [0.3, 0.4) is 0 Å². The lowest BCUT2D eigenvalue weighted by Gasteiger charge is -2.49. The molecule has 0 N–H and O–H groups in total. The average molecular weight is 688 g/mol. The van der Waals surface area contributed by atoms with Gasteiger partial charge in [-0.3, -0.25) is 4.90 Å². The summed E-state index contributed by atoms with van der Waals surface area (Å²) in [5.41, 5.74) is -6.69. The maximum atomic E-state index is 13.7. The molecule has 0 unspecified atom stereocenters. The Bertz CT molecular complexity index is 1140. The van der Waals surface area contributed by atoms with Crippen molar-refractivity contribution >= 4 is 32.6 Å². The monoisotopic (exact) mass is 687 g/mol. The molecule has 2 fully saturated rings. The SMILES string of the molecule is CC[Si](CC)(CC)O[C@H]1C[C@@]2(O[C@H]1[C@@H]1C[C@@H](C)C=C(OS(=O)(=O)C(F)(F)F)O1)[C@H](C)C[C@H](C)CN2C(=O)OCC[Si](C)(C)C. The Morgan fingerprint density at radius 2 is 1.70 bits per heavy atom. The van der Waals surface area contributed by atoms with Gasteiger partial charge in [0.25, 0.3) is 5.95 Å². The molecule has 2 saturated heterocycles. The Labute approximate surface area is 263 Å². The second-order valence-corrected chi connectivity index (χ2v) is 26.0. The van der Waals surface area contributed by atoms with Crippen LogP contribution in [0.15, 0.2) is 12.0 Å². The van der Waals surface area contributed by atoms with Crippen LogP contribution in [0.4, 0.5) is 18.0 Å². The van der Waals surface area contributed by atoms with Crippen molar-refractivity contribution in [2.24, 2.45) is 17.8 Å². The van der Waals surface area contributed by atoms with E-state index in [9.17, 15) is 26.4 Å². The van der Waals surface area contributed by atoms with E-state index in [0.717, 1.165) is 30.6 Å². The van der Waals surface area contributed by atoms with Crippen molar-refractivity contribution in [1.82, 2.24) is 4.90 Å². The molecule has 0 aromatic heterocycles. The number of ether oxygens (including phenoxy) is 3. The highest BCUT2D eigenvalue weighted by atomic mass is 32.2. The number of hydrogen-bond donors (Lipinski definition) is 0. The third-order valence-corrected chi connectivity index (χ3v) is 16.8. The highest BCUT2D eigenvalue weighted by molar-refractivity contribution is 7.87. The molecule has 0 saturated carbocycles. The van der Waals surface area contributed by atoms with Gasteiger partial charge in [0.1, 0.15) is 12.2 Å². The molecule has 1 amide bonds. The highest BCUT2D eigenvalue weighted by Gasteiger charge is 2.61. The molecule has 0 aliphatic carbocycles. The molecule has 0 radical (unpaired) electrons. The van der Waals surface area contributed by atoms with E-state index in [1.54, 1.807) is 11.8 Å². The van der Waals surface area contributed by atoms with Crippen LogP contribution in [-0.2, 0) is 32.9 Å². The van der Waals surface area contributed by atoms with Crippen LogP contribution < -0.4 is 0 Å². The Kier molecular flexibility index (Phi) is 11.7. The number of amides is 1. The van der Waals surface area contributed by atoms with Gasteiger partial charge in [-0.15, -0.1) is 0 Å². The molecule has 44 heavy (non-hydrogen) atoms. The van der Waals surface area contributed by atoms with Crippen molar-refractivity contribution in [3.8, 4) is 0 Å². The molecule has 3 rings (SSSR count). The number of halogens is 3. The largest absolute Gasteiger partial charge is 0.534 e. The number of likely N-dealkylation sites (tertiary alicyclic amines) is 1. The molecule has 1 spiro atoms. The first-order chi connectivity index (χ1) is 20.2. The molecule has 3 aliphatic heterocycles. The van der Waals surface area contributed by atoms with Crippen molar-refractivity contribution in [2.45, 2.75) is 134 Å². The summed E-state index contributed by atoms with van der Waals surface area (Å²) in [6.07, 6.45) is 0.0543. The van der Waals surface area contributed by atoms with E-state index in [2.05, 4.69) is 51.5 Å². The maximum Gasteiger partial charge on any atom is 0.534 e. The third kappa shape index (κ3) is 8.34. The Morgan fingerprint density at radius 1 is 1.09 bits per heavy atom. The van der Waals surface area contributed by atoms with E-state index in [4.69, 9.17) is 18.6 Å². The van der Waals surface area contributed by atoms with Crippen molar-refractivity contribution in [2.75, 3.05) is 13.2 Å². The second-order valence-electron chi connectivity index (χ2n) is 14.1. The minimum atomic E-state index is -5.93. The maximum absolute atomic E-state index is 13.7. The molecule has 3 heterocycles. The number of piperidine rings is 1. The fourth-order valence-corrected chi connectivity index (χ4v) is 10.6. The summed E-state index contributed by atoms with van der Waals surface area (Å²) in [5.74, 6) is -1.01. The van der Waals surface area contributed by atoms with E-state index < -0.39 is 68.1 Å². The van der Waals surface area contributed by atoms with E-state index in [0.29, 0.717) is 26.0 Å². The first-order valence-electron chi connectivity index (χ1n) is 15.9. The molecule has 0 aromatic carbocycles. The second kappa shape index (κ2) is 13.8. The van der Waals surface area contributed by atoms with Gasteiger partial charge in [0.05, 0.1) is 12.7 Å². The van der Waals surface area contributed by atoms with E-state index in [-0.39, 0.29) is 17.8 Å². The number of alkyl halides is 3. The van der Waals surface area contributed by atoms with Gasteiger partial charge < -0.3 is 22.8 Å². The lowest BCUT2D eigenvalue weighted by atomic mass is 9.80. The standard InChI is InChI=1S/C29H52F3NO8SSi2/c1-10-44(11-2,12-3)41-24-18-28(22(6)15-21(5)19-33(28)27(34)37-13-14-43(7,8)9)39-26(24)23-16-20(4)17-25(38-23)40-42(35,36)29(30,31)32/h17,20-24,26H,10-16,18-19H2,1-9H3/t20-,21+,22-,23+,24+,26+,28-/m1/s1. The summed E-state index contributed by atoms with van der Waals surface area (Å²) in [6.45, 7) is 19.5. The molecular formula is C29H52F3NO8SSi2. The van der Waals surface area contributed by atoms with Gasteiger partial charge in [-0.1, -0.05) is 61.2 Å².